The molecule has 0 radical (unpaired) electrons. The lowest BCUT2D eigenvalue weighted by molar-refractivity contribution is -0.189. The minimum Gasteiger partial charge on any atom is -0.480 e. The number of ether oxygens (including phenoxy) is 1. The Bertz CT molecular complexity index is 473. The van der Waals surface area contributed by atoms with Crippen LogP contribution in [0, 0.1) is 5.82 Å². The molecule has 3 N–H and O–H groups in total. The molecule has 0 aliphatic rings. The van der Waals surface area contributed by atoms with Gasteiger partial charge < -0.3 is 15.6 Å². The maximum atomic E-state index is 13.0. The molecule has 0 aliphatic heterocycles. The zero-order chi connectivity index (χ0) is 14.1. The van der Waals surface area contributed by atoms with Crippen molar-refractivity contribution in [1.29, 1.82) is 0 Å². The highest BCUT2D eigenvalue weighted by Crippen LogP contribution is 2.31. The number of benzene rings is 1. The third-order valence-corrected chi connectivity index (χ3v) is 2.13. The van der Waals surface area contributed by atoms with Gasteiger partial charge in [0, 0.05) is 0 Å². The molecule has 1 aromatic carbocycles. The van der Waals surface area contributed by atoms with E-state index >= 15 is 0 Å². The van der Waals surface area contributed by atoms with Crippen molar-refractivity contribution in [3.8, 4) is 5.75 Å². The Morgan fingerprint density at radius 1 is 1.44 bits per heavy atom. The van der Waals surface area contributed by atoms with Crippen LogP contribution in [0.1, 0.15) is 17.3 Å². The third kappa shape index (κ3) is 2.82. The first-order chi connectivity index (χ1) is 8.14. The van der Waals surface area contributed by atoms with Crippen molar-refractivity contribution in [2.75, 3.05) is 5.73 Å². The van der Waals surface area contributed by atoms with Crippen LogP contribution < -0.4 is 10.5 Å². The van der Waals surface area contributed by atoms with Crippen molar-refractivity contribution in [2.45, 2.75) is 19.2 Å². The molecular weight excluding hydrogens is 258 g/mol. The van der Waals surface area contributed by atoms with E-state index in [0.29, 0.717) is 6.92 Å². The van der Waals surface area contributed by atoms with Gasteiger partial charge >= 0.3 is 12.1 Å². The molecule has 4 nitrogen and oxygen atoms in total. The van der Waals surface area contributed by atoms with Crippen molar-refractivity contribution < 1.29 is 32.2 Å². The van der Waals surface area contributed by atoms with Crippen molar-refractivity contribution in [2.24, 2.45) is 0 Å². The maximum absolute atomic E-state index is 13.0. The third-order valence-electron chi connectivity index (χ3n) is 2.13. The summed E-state index contributed by atoms with van der Waals surface area (Å²) in [5, 5.41) is 8.78. The summed E-state index contributed by atoms with van der Waals surface area (Å²) < 4.78 is 54.3. The van der Waals surface area contributed by atoms with Crippen LogP contribution in [0.2, 0.25) is 0 Å². The van der Waals surface area contributed by atoms with Crippen LogP contribution in [-0.2, 0) is 0 Å². The van der Waals surface area contributed by atoms with Crippen molar-refractivity contribution in [1.82, 2.24) is 0 Å². The van der Waals surface area contributed by atoms with Gasteiger partial charge in [0.05, 0.1) is 5.69 Å². The fraction of sp³-hybridized carbons (Fsp3) is 0.300. The summed E-state index contributed by atoms with van der Waals surface area (Å²) in [6.45, 7) is 0.700. The zero-order valence-electron chi connectivity index (χ0n) is 9.08. The lowest BCUT2D eigenvalue weighted by Crippen LogP contribution is -2.31. The normalized spacial score (nSPS) is 13.2. The Hall–Kier alpha value is -1.99. The molecule has 0 spiro atoms. The lowest BCUT2D eigenvalue weighted by Gasteiger charge is -2.19. The van der Waals surface area contributed by atoms with Gasteiger partial charge in [0.15, 0.2) is 6.10 Å². The fourth-order valence-electron chi connectivity index (χ4n) is 1.15. The smallest absolute Gasteiger partial charge is 0.425 e. The lowest BCUT2D eigenvalue weighted by atomic mass is 10.1. The van der Waals surface area contributed by atoms with Crippen LogP contribution in [-0.4, -0.2) is 23.4 Å². The highest BCUT2D eigenvalue weighted by molar-refractivity contribution is 5.96. The number of hydrogen-bond donors (Lipinski definition) is 2. The van der Waals surface area contributed by atoms with E-state index < -0.39 is 41.1 Å². The van der Waals surface area contributed by atoms with Gasteiger partial charge in [-0.1, -0.05) is 0 Å². The number of nitrogen functional groups attached to an aromatic ring is 1. The van der Waals surface area contributed by atoms with Crippen LogP contribution in [0.4, 0.5) is 23.2 Å². The number of alkyl halides is 3. The van der Waals surface area contributed by atoms with Gasteiger partial charge in [-0.25, -0.2) is 9.18 Å². The van der Waals surface area contributed by atoms with E-state index in [1.165, 1.54) is 0 Å². The molecule has 1 rings (SSSR count). The average molecular weight is 267 g/mol. The zero-order valence-corrected chi connectivity index (χ0v) is 9.08. The molecule has 0 heterocycles. The van der Waals surface area contributed by atoms with Crippen LogP contribution in [0.15, 0.2) is 12.1 Å². The monoisotopic (exact) mass is 267 g/mol. The Balaban J connectivity index is 3.18. The van der Waals surface area contributed by atoms with E-state index in [0.717, 1.165) is 12.1 Å². The van der Waals surface area contributed by atoms with Crippen molar-refractivity contribution in [3.05, 3.63) is 23.5 Å². The van der Waals surface area contributed by atoms with Crippen LogP contribution in [0.3, 0.4) is 0 Å². The summed E-state index contributed by atoms with van der Waals surface area (Å²) in [5.41, 5.74) is 3.56. The number of halogens is 4. The second-order valence-corrected chi connectivity index (χ2v) is 3.44. The molecule has 0 aromatic heterocycles. The topological polar surface area (TPSA) is 72.5 Å². The molecule has 100 valence electrons. The standard InChI is InChI=1S/C10H9F4NO3/c1-4(10(12,13)14)18-6-3-2-5(11)8(15)7(6)9(16)17/h2-4H,15H2,1H3,(H,16,17). The highest BCUT2D eigenvalue weighted by Gasteiger charge is 2.38. The van der Waals surface area contributed by atoms with Crippen molar-refractivity contribution in [3.63, 3.8) is 0 Å². The van der Waals surface area contributed by atoms with Gasteiger partial charge in [0.1, 0.15) is 17.1 Å². The van der Waals surface area contributed by atoms with Crippen LogP contribution >= 0.6 is 0 Å². The molecule has 8 heteroatoms. The Labute approximate surface area is 99.0 Å². The van der Waals surface area contributed by atoms with Gasteiger partial charge in [0.25, 0.3) is 0 Å². The number of hydrogen-bond acceptors (Lipinski definition) is 3. The summed E-state index contributed by atoms with van der Waals surface area (Å²) >= 11 is 0. The predicted octanol–water partition coefficient (Wildman–Crippen LogP) is 2.44. The second-order valence-electron chi connectivity index (χ2n) is 3.44. The van der Waals surface area contributed by atoms with E-state index in [-0.39, 0.29) is 0 Å². The van der Waals surface area contributed by atoms with E-state index in [4.69, 9.17) is 10.8 Å². The Kier molecular flexibility index (Phi) is 3.68. The number of rotatable bonds is 3. The molecule has 1 atom stereocenters. The SMILES string of the molecule is CC(Oc1ccc(F)c(N)c1C(=O)O)C(F)(F)F. The first-order valence-corrected chi connectivity index (χ1v) is 4.69. The largest absolute Gasteiger partial charge is 0.480 e. The van der Waals surface area contributed by atoms with Gasteiger partial charge in [-0.15, -0.1) is 0 Å². The molecule has 0 saturated carbocycles. The van der Waals surface area contributed by atoms with Gasteiger partial charge in [-0.05, 0) is 19.1 Å². The summed E-state index contributed by atoms with van der Waals surface area (Å²) in [6, 6.07) is 1.53. The fourth-order valence-corrected chi connectivity index (χ4v) is 1.15. The molecular formula is C10H9F4NO3. The number of carboxylic acids is 1. The minimum atomic E-state index is -4.67. The summed E-state index contributed by atoms with van der Waals surface area (Å²) in [6.07, 6.45) is -6.90. The van der Waals surface area contributed by atoms with E-state index in [1.54, 1.807) is 0 Å². The first kappa shape index (κ1) is 14.1. The van der Waals surface area contributed by atoms with Crippen LogP contribution in [0.25, 0.3) is 0 Å². The molecule has 0 aliphatic carbocycles. The number of anilines is 1. The Morgan fingerprint density at radius 2 is 2.00 bits per heavy atom. The quantitative estimate of drug-likeness (QED) is 0.651. The van der Waals surface area contributed by atoms with Crippen molar-refractivity contribution >= 4 is 11.7 Å². The maximum Gasteiger partial charge on any atom is 0.425 e. The molecule has 0 saturated heterocycles. The molecule has 1 aromatic rings. The molecule has 0 fully saturated rings. The summed E-state index contributed by atoms with van der Waals surface area (Å²) in [5.74, 6) is -3.35. The molecule has 0 bridgehead atoms. The number of aromatic carboxylic acids is 1. The average Bonchev–Trinajstić information content (AvgIpc) is 2.21. The first-order valence-electron chi connectivity index (χ1n) is 4.69. The summed E-state index contributed by atoms with van der Waals surface area (Å²) in [4.78, 5) is 10.8. The minimum absolute atomic E-state index is 0.633. The van der Waals surface area contributed by atoms with Gasteiger partial charge in [-0.3, -0.25) is 0 Å². The number of carbonyl (C=O) groups is 1. The van der Waals surface area contributed by atoms with E-state index in [9.17, 15) is 22.4 Å². The van der Waals surface area contributed by atoms with E-state index in [1.807, 2.05) is 0 Å². The Morgan fingerprint density at radius 3 is 2.44 bits per heavy atom. The predicted molar refractivity (Wildman–Crippen MR) is 53.9 cm³/mol. The van der Waals surface area contributed by atoms with Crippen LogP contribution in [0.5, 0.6) is 5.75 Å². The van der Waals surface area contributed by atoms with Gasteiger partial charge in [-0.2, -0.15) is 13.2 Å². The highest BCUT2D eigenvalue weighted by atomic mass is 19.4. The second kappa shape index (κ2) is 4.71. The van der Waals surface area contributed by atoms with Gasteiger partial charge in [0.2, 0.25) is 0 Å². The number of nitrogens with two attached hydrogens (primary N) is 1. The number of carboxylic acid groups (broad SMARTS) is 1. The van der Waals surface area contributed by atoms with E-state index in [2.05, 4.69) is 4.74 Å². The molecule has 1 unspecified atom stereocenters. The summed E-state index contributed by atoms with van der Waals surface area (Å²) in [7, 11) is 0. The molecule has 0 amide bonds. The molecule has 18 heavy (non-hydrogen) atoms.